The molecule has 2 aromatic heterocycles. The Morgan fingerprint density at radius 2 is 2.00 bits per heavy atom. The van der Waals surface area contributed by atoms with Crippen molar-refractivity contribution in [2.75, 3.05) is 42.6 Å². The molecular weight excluding hydrogens is 280 g/mol. The van der Waals surface area contributed by atoms with E-state index in [4.69, 9.17) is 4.98 Å². The Bertz CT molecular complexity index is 612. The van der Waals surface area contributed by atoms with Crippen LogP contribution in [0.1, 0.15) is 24.6 Å². The highest BCUT2D eigenvalue weighted by Crippen LogP contribution is 2.31. The predicted octanol–water partition coefficient (Wildman–Crippen LogP) is 2.35. The summed E-state index contributed by atoms with van der Waals surface area (Å²) < 4.78 is 2.30. The van der Waals surface area contributed by atoms with E-state index in [0.717, 1.165) is 26.2 Å². The lowest BCUT2D eigenvalue weighted by atomic mass is 10.0. The summed E-state index contributed by atoms with van der Waals surface area (Å²) in [7, 11) is 0. The fourth-order valence-electron chi connectivity index (χ4n) is 3.39. The van der Waals surface area contributed by atoms with Crippen molar-refractivity contribution in [2.24, 2.45) is 0 Å². The molecule has 2 fully saturated rings. The number of fused-ring (bicyclic) bond motifs is 1. The number of anilines is 1. The SMILES string of the molecule is c1cn2c(C3CCSCC3)ncc2cc1N1CCNCC1. The van der Waals surface area contributed by atoms with Crippen molar-refractivity contribution in [3.05, 3.63) is 30.4 Å². The van der Waals surface area contributed by atoms with Crippen molar-refractivity contribution in [1.29, 1.82) is 0 Å². The normalized spacial score (nSPS) is 21.0. The number of hydrogen-bond donors (Lipinski definition) is 1. The van der Waals surface area contributed by atoms with E-state index in [0.29, 0.717) is 5.92 Å². The third kappa shape index (κ3) is 2.64. The highest BCUT2D eigenvalue weighted by atomic mass is 32.2. The topological polar surface area (TPSA) is 32.6 Å². The number of thioether (sulfide) groups is 1. The molecule has 2 saturated heterocycles. The largest absolute Gasteiger partial charge is 0.369 e. The maximum Gasteiger partial charge on any atom is 0.116 e. The molecule has 1 N–H and O–H groups in total. The Morgan fingerprint density at radius 1 is 1.19 bits per heavy atom. The van der Waals surface area contributed by atoms with Crippen molar-refractivity contribution >= 4 is 23.0 Å². The van der Waals surface area contributed by atoms with Crippen LogP contribution in [0.3, 0.4) is 0 Å². The Kier molecular flexibility index (Phi) is 3.78. The fourth-order valence-corrected chi connectivity index (χ4v) is 4.49. The predicted molar refractivity (Wildman–Crippen MR) is 89.6 cm³/mol. The first-order valence-corrected chi connectivity index (χ1v) is 9.08. The van der Waals surface area contributed by atoms with Gasteiger partial charge in [-0.25, -0.2) is 4.98 Å². The first-order chi connectivity index (χ1) is 10.4. The van der Waals surface area contributed by atoms with Crippen molar-refractivity contribution < 1.29 is 0 Å². The lowest BCUT2D eigenvalue weighted by Gasteiger charge is -2.29. The van der Waals surface area contributed by atoms with Crippen LogP contribution in [0.2, 0.25) is 0 Å². The molecule has 0 spiro atoms. The first kappa shape index (κ1) is 13.5. The van der Waals surface area contributed by atoms with Gasteiger partial charge in [0.15, 0.2) is 0 Å². The number of imidazole rings is 1. The molecule has 0 saturated carbocycles. The standard InChI is InChI=1S/C16H22N4S/c1-6-20-15(11-14(1)19-7-4-17-5-8-19)12-18-16(20)13-2-9-21-10-3-13/h1,6,11-13,17H,2-5,7-10H2. The zero-order valence-electron chi connectivity index (χ0n) is 12.3. The van der Waals surface area contributed by atoms with Gasteiger partial charge in [0.1, 0.15) is 5.82 Å². The number of hydrogen-bond acceptors (Lipinski definition) is 4. The van der Waals surface area contributed by atoms with Crippen LogP contribution in [0.5, 0.6) is 0 Å². The number of piperazine rings is 1. The van der Waals surface area contributed by atoms with E-state index in [1.807, 2.05) is 6.20 Å². The third-order valence-electron chi connectivity index (χ3n) is 4.61. The van der Waals surface area contributed by atoms with Crippen LogP contribution in [-0.4, -0.2) is 47.1 Å². The third-order valence-corrected chi connectivity index (χ3v) is 5.66. The molecule has 21 heavy (non-hydrogen) atoms. The van der Waals surface area contributed by atoms with Crippen LogP contribution in [0.25, 0.3) is 5.52 Å². The summed E-state index contributed by atoms with van der Waals surface area (Å²) >= 11 is 2.07. The van der Waals surface area contributed by atoms with Crippen LogP contribution in [0.4, 0.5) is 5.69 Å². The number of nitrogens with one attached hydrogen (secondary N) is 1. The fraction of sp³-hybridized carbons (Fsp3) is 0.562. The summed E-state index contributed by atoms with van der Waals surface area (Å²) in [4.78, 5) is 7.19. The minimum Gasteiger partial charge on any atom is -0.369 e. The van der Waals surface area contributed by atoms with Gasteiger partial charge in [-0.3, -0.25) is 0 Å². The van der Waals surface area contributed by atoms with Crippen molar-refractivity contribution in [1.82, 2.24) is 14.7 Å². The molecule has 112 valence electrons. The Morgan fingerprint density at radius 3 is 2.81 bits per heavy atom. The number of nitrogens with zero attached hydrogens (tertiary/aromatic N) is 3. The zero-order valence-corrected chi connectivity index (χ0v) is 13.1. The molecule has 0 unspecified atom stereocenters. The highest BCUT2D eigenvalue weighted by molar-refractivity contribution is 7.99. The van der Waals surface area contributed by atoms with Gasteiger partial charge in [0.25, 0.3) is 0 Å². The number of pyridine rings is 1. The second-order valence-electron chi connectivity index (χ2n) is 5.92. The second-order valence-corrected chi connectivity index (χ2v) is 7.14. The van der Waals surface area contributed by atoms with Gasteiger partial charge < -0.3 is 14.6 Å². The van der Waals surface area contributed by atoms with Crippen LogP contribution in [-0.2, 0) is 0 Å². The zero-order chi connectivity index (χ0) is 14.1. The summed E-state index contributed by atoms with van der Waals surface area (Å²) in [6, 6.07) is 4.54. The molecule has 5 heteroatoms. The molecule has 0 radical (unpaired) electrons. The molecule has 2 aliphatic heterocycles. The molecule has 0 amide bonds. The van der Waals surface area contributed by atoms with E-state index >= 15 is 0 Å². The van der Waals surface area contributed by atoms with Crippen LogP contribution < -0.4 is 10.2 Å². The average molecular weight is 302 g/mol. The average Bonchev–Trinajstić information content (AvgIpc) is 2.99. The van der Waals surface area contributed by atoms with Crippen LogP contribution in [0, 0.1) is 0 Å². The Balaban J connectivity index is 1.63. The molecule has 2 aliphatic rings. The van der Waals surface area contributed by atoms with Gasteiger partial charge in [-0.05, 0) is 36.5 Å². The summed E-state index contributed by atoms with van der Waals surface area (Å²) in [5.41, 5.74) is 2.56. The van der Waals surface area contributed by atoms with Crippen LogP contribution in [0.15, 0.2) is 24.5 Å². The monoisotopic (exact) mass is 302 g/mol. The minimum absolute atomic E-state index is 0.638. The van der Waals surface area contributed by atoms with Gasteiger partial charge in [0, 0.05) is 44.0 Å². The summed E-state index contributed by atoms with van der Waals surface area (Å²) in [6.07, 6.45) is 6.80. The molecule has 4 heterocycles. The minimum atomic E-state index is 0.638. The summed E-state index contributed by atoms with van der Waals surface area (Å²) in [5, 5.41) is 3.41. The van der Waals surface area contributed by atoms with Gasteiger partial charge in [-0.1, -0.05) is 0 Å². The lowest BCUT2D eigenvalue weighted by molar-refractivity contribution is 0.588. The second kappa shape index (κ2) is 5.89. The van der Waals surface area contributed by atoms with E-state index in [9.17, 15) is 0 Å². The van der Waals surface area contributed by atoms with Gasteiger partial charge >= 0.3 is 0 Å². The Hall–Kier alpha value is -1.20. The Labute approximate surface area is 129 Å². The van der Waals surface area contributed by atoms with E-state index in [2.05, 4.69) is 44.7 Å². The molecular formula is C16H22N4S. The maximum absolute atomic E-state index is 4.73. The van der Waals surface area contributed by atoms with Gasteiger partial charge in [0.2, 0.25) is 0 Å². The quantitative estimate of drug-likeness (QED) is 0.923. The number of aromatic nitrogens is 2. The van der Waals surface area contributed by atoms with E-state index in [1.54, 1.807) is 0 Å². The van der Waals surface area contributed by atoms with Crippen LogP contribution >= 0.6 is 11.8 Å². The molecule has 0 aromatic carbocycles. The summed E-state index contributed by atoms with van der Waals surface area (Å²) in [5.74, 6) is 4.45. The molecule has 0 bridgehead atoms. The highest BCUT2D eigenvalue weighted by Gasteiger charge is 2.20. The number of rotatable bonds is 2. The molecule has 4 rings (SSSR count). The van der Waals surface area contributed by atoms with Crippen molar-refractivity contribution in [2.45, 2.75) is 18.8 Å². The smallest absolute Gasteiger partial charge is 0.116 e. The summed E-state index contributed by atoms with van der Waals surface area (Å²) in [6.45, 7) is 4.35. The molecule has 2 aromatic rings. The lowest BCUT2D eigenvalue weighted by Crippen LogP contribution is -2.43. The van der Waals surface area contributed by atoms with E-state index in [1.165, 1.54) is 41.4 Å². The van der Waals surface area contributed by atoms with E-state index < -0.39 is 0 Å². The first-order valence-electron chi connectivity index (χ1n) is 7.92. The van der Waals surface area contributed by atoms with Crippen molar-refractivity contribution in [3.63, 3.8) is 0 Å². The molecule has 0 aliphatic carbocycles. The molecule has 4 nitrogen and oxygen atoms in total. The van der Waals surface area contributed by atoms with Gasteiger partial charge in [0.05, 0.1) is 11.7 Å². The maximum atomic E-state index is 4.73. The molecule has 0 atom stereocenters. The van der Waals surface area contributed by atoms with Crippen molar-refractivity contribution in [3.8, 4) is 0 Å². The van der Waals surface area contributed by atoms with Gasteiger partial charge in [-0.2, -0.15) is 11.8 Å². The van der Waals surface area contributed by atoms with Gasteiger partial charge in [-0.15, -0.1) is 0 Å². The van der Waals surface area contributed by atoms with E-state index in [-0.39, 0.29) is 0 Å².